The van der Waals surface area contributed by atoms with Crippen molar-refractivity contribution in [3.63, 3.8) is 0 Å². The average molecular weight is 295 g/mol. The molecule has 1 aliphatic carbocycles. The van der Waals surface area contributed by atoms with E-state index in [1.54, 1.807) is 0 Å². The topological polar surface area (TPSA) is 73.0 Å². The Morgan fingerprint density at radius 1 is 1.55 bits per heavy atom. The molecule has 1 aliphatic rings. The van der Waals surface area contributed by atoms with E-state index in [2.05, 4.69) is 15.6 Å². The number of rotatable bonds is 5. The zero-order valence-corrected chi connectivity index (χ0v) is 11.9. The van der Waals surface area contributed by atoms with Crippen LogP contribution in [0.5, 0.6) is 0 Å². The molecule has 3 rings (SSSR count). The number of aryl methyl sites for hydroxylation is 1. The maximum absolute atomic E-state index is 12.3. The highest BCUT2D eigenvalue weighted by molar-refractivity contribution is 6.32. The Hall–Kier alpha value is -1.82. The van der Waals surface area contributed by atoms with E-state index in [4.69, 9.17) is 16.1 Å². The minimum Gasteiger partial charge on any atom is -0.373 e. The van der Waals surface area contributed by atoms with Crippen LogP contribution in [0.15, 0.2) is 21.6 Å². The van der Waals surface area contributed by atoms with Crippen LogP contribution in [0.25, 0.3) is 0 Å². The molecule has 0 saturated heterocycles. The Bertz CT molecular complexity index is 675. The van der Waals surface area contributed by atoms with E-state index in [0.717, 1.165) is 24.3 Å². The molecule has 1 saturated carbocycles. The van der Waals surface area contributed by atoms with Crippen molar-refractivity contribution in [2.45, 2.75) is 32.9 Å². The number of anilines is 1. The highest BCUT2D eigenvalue weighted by Gasteiger charge is 2.23. The summed E-state index contributed by atoms with van der Waals surface area (Å²) in [7, 11) is 0. The van der Waals surface area contributed by atoms with Crippen LogP contribution in [0.3, 0.4) is 0 Å². The number of hydrogen-bond donors (Lipinski definition) is 1. The maximum atomic E-state index is 12.3. The van der Waals surface area contributed by atoms with Gasteiger partial charge < -0.3 is 9.84 Å². The van der Waals surface area contributed by atoms with E-state index < -0.39 is 0 Å². The summed E-state index contributed by atoms with van der Waals surface area (Å²) < 4.78 is 6.45. The third-order valence-corrected chi connectivity index (χ3v) is 3.54. The van der Waals surface area contributed by atoms with Crippen molar-refractivity contribution in [3.05, 3.63) is 39.1 Å². The molecule has 0 aliphatic heterocycles. The Kier molecular flexibility index (Phi) is 3.48. The molecule has 1 fully saturated rings. The first-order valence-corrected chi connectivity index (χ1v) is 6.93. The minimum atomic E-state index is -0.190. The molecular formula is C13H15ClN4O2. The summed E-state index contributed by atoms with van der Waals surface area (Å²) in [5.74, 6) is 1.31. The lowest BCUT2D eigenvalue weighted by Gasteiger charge is -2.09. The van der Waals surface area contributed by atoms with Gasteiger partial charge in [0.25, 0.3) is 5.56 Å². The van der Waals surface area contributed by atoms with Gasteiger partial charge in [-0.2, -0.15) is 5.10 Å². The highest BCUT2D eigenvalue weighted by atomic mass is 35.5. The predicted octanol–water partition coefficient (Wildman–Crippen LogP) is 2.22. The van der Waals surface area contributed by atoms with Gasteiger partial charge in [0.15, 0.2) is 0 Å². The molecule has 7 heteroatoms. The van der Waals surface area contributed by atoms with Crippen molar-refractivity contribution in [2.24, 2.45) is 5.92 Å². The van der Waals surface area contributed by atoms with Crippen LogP contribution in [0, 0.1) is 12.8 Å². The lowest BCUT2D eigenvalue weighted by atomic mass is 10.3. The Morgan fingerprint density at radius 3 is 3.00 bits per heavy atom. The summed E-state index contributed by atoms with van der Waals surface area (Å²) in [4.78, 5) is 12.3. The minimum absolute atomic E-state index is 0.190. The quantitative estimate of drug-likeness (QED) is 0.915. The molecule has 0 atom stereocenters. The Labute approximate surface area is 120 Å². The van der Waals surface area contributed by atoms with Gasteiger partial charge in [-0.3, -0.25) is 4.79 Å². The van der Waals surface area contributed by atoms with Gasteiger partial charge in [-0.1, -0.05) is 16.8 Å². The summed E-state index contributed by atoms with van der Waals surface area (Å²) in [6.07, 6.45) is 3.83. The Morgan fingerprint density at radius 2 is 2.35 bits per heavy atom. The fourth-order valence-electron chi connectivity index (χ4n) is 1.98. The molecular weight excluding hydrogens is 280 g/mol. The average Bonchev–Trinajstić information content (AvgIpc) is 3.14. The lowest BCUT2D eigenvalue weighted by molar-refractivity contribution is 0.391. The van der Waals surface area contributed by atoms with Crippen LogP contribution in [-0.4, -0.2) is 14.9 Å². The fourth-order valence-corrected chi connectivity index (χ4v) is 2.18. The zero-order valence-electron chi connectivity index (χ0n) is 11.1. The lowest BCUT2D eigenvalue weighted by Crippen LogP contribution is -2.26. The van der Waals surface area contributed by atoms with Crippen LogP contribution in [0.1, 0.15) is 24.3 Å². The van der Waals surface area contributed by atoms with Gasteiger partial charge in [0.05, 0.1) is 17.8 Å². The molecule has 0 aromatic carbocycles. The van der Waals surface area contributed by atoms with Crippen molar-refractivity contribution in [3.8, 4) is 0 Å². The largest absolute Gasteiger partial charge is 0.373 e. The molecule has 0 unspecified atom stereocenters. The maximum Gasteiger partial charge on any atom is 0.291 e. The summed E-state index contributed by atoms with van der Waals surface area (Å²) >= 11 is 6.04. The standard InChI is InChI=1S/C13H15ClN4O2/c1-8-4-10(17-20-8)5-15-12-11(14)6-16-18(13(12)19)7-9-2-3-9/h4,6,9,15H,2-3,5,7H2,1H3. The first-order chi connectivity index (χ1) is 9.63. The van der Waals surface area contributed by atoms with E-state index in [9.17, 15) is 4.79 Å². The van der Waals surface area contributed by atoms with Gasteiger partial charge >= 0.3 is 0 Å². The first kappa shape index (κ1) is 13.2. The molecule has 0 bridgehead atoms. The summed E-state index contributed by atoms with van der Waals surface area (Å²) in [6, 6.07) is 1.81. The summed E-state index contributed by atoms with van der Waals surface area (Å²) in [5.41, 5.74) is 0.899. The summed E-state index contributed by atoms with van der Waals surface area (Å²) in [6.45, 7) is 2.87. The predicted molar refractivity (Wildman–Crippen MR) is 74.8 cm³/mol. The van der Waals surface area contributed by atoms with E-state index in [0.29, 0.717) is 29.7 Å². The second-order valence-electron chi connectivity index (χ2n) is 5.08. The molecule has 2 heterocycles. The Balaban J connectivity index is 1.78. The molecule has 6 nitrogen and oxygen atoms in total. The van der Waals surface area contributed by atoms with E-state index in [1.165, 1.54) is 10.9 Å². The van der Waals surface area contributed by atoms with Crippen LogP contribution in [0.4, 0.5) is 5.69 Å². The zero-order chi connectivity index (χ0) is 14.1. The fraction of sp³-hybridized carbons (Fsp3) is 0.462. The third kappa shape index (κ3) is 2.85. The normalized spacial score (nSPS) is 14.5. The number of nitrogens with zero attached hydrogens (tertiary/aromatic N) is 3. The first-order valence-electron chi connectivity index (χ1n) is 6.55. The van der Waals surface area contributed by atoms with Crippen molar-refractivity contribution in [1.29, 1.82) is 0 Å². The molecule has 2 aromatic heterocycles. The van der Waals surface area contributed by atoms with Crippen molar-refractivity contribution < 1.29 is 4.52 Å². The highest BCUT2D eigenvalue weighted by Crippen LogP contribution is 2.30. The van der Waals surface area contributed by atoms with E-state index in [-0.39, 0.29) is 5.56 Å². The molecule has 0 amide bonds. The molecule has 106 valence electrons. The molecule has 2 aromatic rings. The van der Waals surface area contributed by atoms with Gasteiger partial charge in [-0.05, 0) is 25.7 Å². The SMILES string of the molecule is Cc1cc(CNc2c(Cl)cnn(CC3CC3)c2=O)no1. The van der Waals surface area contributed by atoms with E-state index >= 15 is 0 Å². The molecule has 20 heavy (non-hydrogen) atoms. The van der Waals surface area contributed by atoms with Gasteiger partial charge in [-0.25, -0.2) is 4.68 Å². The molecule has 0 radical (unpaired) electrons. The van der Waals surface area contributed by atoms with Crippen molar-refractivity contribution in [2.75, 3.05) is 5.32 Å². The second kappa shape index (κ2) is 5.28. The smallest absolute Gasteiger partial charge is 0.291 e. The number of aromatic nitrogens is 3. The second-order valence-corrected chi connectivity index (χ2v) is 5.49. The number of hydrogen-bond acceptors (Lipinski definition) is 5. The number of nitrogens with one attached hydrogen (secondary N) is 1. The van der Waals surface area contributed by atoms with Crippen LogP contribution in [0.2, 0.25) is 5.02 Å². The van der Waals surface area contributed by atoms with Crippen LogP contribution >= 0.6 is 11.6 Å². The van der Waals surface area contributed by atoms with Crippen molar-refractivity contribution >= 4 is 17.3 Å². The van der Waals surface area contributed by atoms with Gasteiger partial charge in [0, 0.05) is 12.6 Å². The monoisotopic (exact) mass is 294 g/mol. The van der Waals surface area contributed by atoms with Gasteiger partial charge in [0.1, 0.15) is 17.1 Å². The van der Waals surface area contributed by atoms with E-state index in [1.807, 2.05) is 13.0 Å². The van der Waals surface area contributed by atoms with Crippen molar-refractivity contribution in [1.82, 2.24) is 14.9 Å². The molecule has 1 N–H and O–H groups in total. The van der Waals surface area contributed by atoms with Gasteiger partial charge in [-0.15, -0.1) is 0 Å². The molecule has 0 spiro atoms. The van der Waals surface area contributed by atoms with Gasteiger partial charge in [0.2, 0.25) is 0 Å². The summed E-state index contributed by atoms with van der Waals surface area (Å²) in [5, 5.41) is 11.3. The third-order valence-electron chi connectivity index (χ3n) is 3.25. The number of halogens is 1. The van der Waals surface area contributed by atoms with Crippen LogP contribution < -0.4 is 10.9 Å². The van der Waals surface area contributed by atoms with Crippen LogP contribution in [-0.2, 0) is 13.1 Å².